The van der Waals surface area contributed by atoms with E-state index in [1.54, 1.807) is 0 Å². The molecule has 2 N–H and O–H groups in total. The predicted octanol–water partition coefficient (Wildman–Crippen LogP) is 2.62. The van der Waals surface area contributed by atoms with Gasteiger partial charge in [-0.05, 0) is 44.1 Å². The maximum absolute atomic E-state index is 6.03. The Morgan fingerprint density at radius 3 is 2.56 bits per heavy atom. The molecule has 0 aromatic heterocycles. The van der Waals surface area contributed by atoms with Gasteiger partial charge in [0, 0.05) is 18.6 Å². The van der Waals surface area contributed by atoms with E-state index in [0.29, 0.717) is 11.5 Å². The van der Waals surface area contributed by atoms with Crippen molar-refractivity contribution in [2.24, 2.45) is 17.1 Å². The minimum absolute atomic E-state index is 0.372. The predicted molar refractivity (Wildman–Crippen MR) is 69.4 cm³/mol. The van der Waals surface area contributed by atoms with E-state index in [1.807, 2.05) is 0 Å². The molecule has 3 atom stereocenters. The van der Waals surface area contributed by atoms with Crippen molar-refractivity contribution in [3.8, 4) is 0 Å². The van der Waals surface area contributed by atoms with Crippen molar-refractivity contribution in [3.05, 3.63) is 0 Å². The highest BCUT2D eigenvalue weighted by molar-refractivity contribution is 4.93. The van der Waals surface area contributed by atoms with Gasteiger partial charge in [0.25, 0.3) is 0 Å². The monoisotopic (exact) mass is 224 g/mol. The van der Waals surface area contributed by atoms with Crippen LogP contribution in [0, 0.1) is 11.3 Å². The zero-order chi connectivity index (χ0) is 11.8. The van der Waals surface area contributed by atoms with Gasteiger partial charge in [-0.2, -0.15) is 0 Å². The first-order chi connectivity index (χ1) is 7.50. The van der Waals surface area contributed by atoms with E-state index >= 15 is 0 Å². The first kappa shape index (κ1) is 12.4. The molecule has 2 aliphatic rings. The number of hydrogen-bond acceptors (Lipinski definition) is 2. The molecular weight excluding hydrogens is 196 g/mol. The Labute approximate surface area is 101 Å². The van der Waals surface area contributed by atoms with Gasteiger partial charge in [-0.1, -0.05) is 26.7 Å². The van der Waals surface area contributed by atoms with Crippen molar-refractivity contribution in [3.63, 3.8) is 0 Å². The highest BCUT2D eigenvalue weighted by Gasteiger charge is 2.39. The third-order valence-electron chi connectivity index (χ3n) is 4.89. The standard InChI is InChI=1S/C14H28N2/c1-11(15)12-7-9-16(10-12)13-6-4-5-8-14(13,2)3/h11-13H,4-10,15H2,1-3H3. The van der Waals surface area contributed by atoms with Gasteiger partial charge in [0.05, 0.1) is 0 Å². The van der Waals surface area contributed by atoms with Crippen LogP contribution in [0.4, 0.5) is 0 Å². The van der Waals surface area contributed by atoms with Crippen molar-refractivity contribution >= 4 is 0 Å². The van der Waals surface area contributed by atoms with E-state index in [0.717, 1.165) is 12.0 Å². The molecule has 1 aliphatic heterocycles. The third-order valence-corrected chi connectivity index (χ3v) is 4.89. The lowest BCUT2D eigenvalue weighted by atomic mass is 9.72. The van der Waals surface area contributed by atoms with Gasteiger partial charge in [0.2, 0.25) is 0 Å². The second kappa shape index (κ2) is 4.66. The quantitative estimate of drug-likeness (QED) is 0.781. The molecule has 2 fully saturated rings. The lowest BCUT2D eigenvalue weighted by Gasteiger charge is -2.44. The molecule has 94 valence electrons. The van der Waals surface area contributed by atoms with Crippen LogP contribution in [-0.4, -0.2) is 30.1 Å². The summed E-state index contributed by atoms with van der Waals surface area (Å²) in [7, 11) is 0. The summed E-state index contributed by atoms with van der Waals surface area (Å²) in [6, 6.07) is 1.18. The molecule has 3 unspecified atom stereocenters. The topological polar surface area (TPSA) is 29.3 Å². The van der Waals surface area contributed by atoms with Gasteiger partial charge in [-0.25, -0.2) is 0 Å². The number of hydrogen-bond donors (Lipinski definition) is 1. The van der Waals surface area contributed by atoms with Crippen LogP contribution in [0.15, 0.2) is 0 Å². The molecule has 0 bridgehead atoms. The highest BCUT2D eigenvalue weighted by Crippen LogP contribution is 2.40. The Morgan fingerprint density at radius 1 is 1.25 bits per heavy atom. The Balaban J connectivity index is 1.97. The van der Waals surface area contributed by atoms with E-state index in [1.165, 1.54) is 45.2 Å². The highest BCUT2D eigenvalue weighted by atomic mass is 15.2. The van der Waals surface area contributed by atoms with Crippen LogP contribution in [0.25, 0.3) is 0 Å². The SMILES string of the molecule is CC(N)C1CCN(C2CCCCC2(C)C)C1. The molecule has 0 amide bonds. The summed E-state index contributed by atoms with van der Waals surface area (Å²) in [6.07, 6.45) is 6.96. The Hall–Kier alpha value is -0.0800. The largest absolute Gasteiger partial charge is 0.328 e. The smallest absolute Gasteiger partial charge is 0.0146 e. The van der Waals surface area contributed by atoms with Gasteiger partial charge in [-0.3, -0.25) is 4.90 Å². The lowest BCUT2D eigenvalue weighted by molar-refractivity contribution is 0.0631. The first-order valence-corrected chi connectivity index (χ1v) is 7.00. The van der Waals surface area contributed by atoms with Crippen molar-refractivity contribution in [1.82, 2.24) is 4.90 Å². The third kappa shape index (κ3) is 2.43. The molecule has 1 saturated heterocycles. The molecule has 16 heavy (non-hydrogen) atoms. The zero-order valence-corrected chi connectivity index (χ0v) is 11.2. The molecule has 2 nitrogen and oxygen atoms in total. The molecule has 0 aromatic carbocycles. The number of nitrogens with zero attached hydrogens (tertiary/aromatic N) is 1. The van der Waals surface area contributed by atoms with Gasteiger partial charge < -0.3 is 5.73 Å². The number of nitrogens with two attached hydrogens (primary N) is 1. The van der Waals surface area contributed by atoms with Gasteiger partial charge in [0.15, 0.2) is 0 Å². The minimum Gasteiger partial charge on any atom is -0.328 e. The second-order valence-electron chi connectivity index (χ2n) is 6.65. The Bertz CT molecular complexity index is 235. The van der Waals surface area contributed by atoms with Crippen molar-refractivity contribution < 1.29 is 0 Å². The van der Waals surface area contributed by atoms with Crippen LogP contribution in [0.1, 0.15) is 52.9 Å². The molecule has 1 aliphatic carbocycles. The Morgan fingerprint density at radius 2 is 2.00 bits per heavy atom. The lowest BCUT2D eigenvalue weighted by Crippen LogP contribution is -2.46. The van der Waals surface area contributed by atoms with E-state index in [-0.39, 0.29) is 0 Å². The van der Waals surface area contributed by atoms with Crippen LogP contribution in [-0.2, 0) is 0 Å². The summed E-state index contributed by atoms with van der Waals surface area (Å²) in [5.41, 5.74) is 6.55. The summed E-state index contributed by atoms with van der Waals surface area (Å²) < 4.78 is 0. The van der Waals surface area contributed by atoms with E-state index in [2.05, 4.69) is 25.7 Å². The van der Waals surface area contributed by atoms with Crippen LogP contribution in [0.3, 0.4) is 0 Å². The van der Waals surface area contributed by atoms with Crippen molar-refractivity contribution in [2.45, 2.75) is 65.0 Å². The molecule has 1 heterocycles. The molecule has 0 spiro atoms. The summed E-state index contributed by atoms with van der Waals surface area (Å²) >= 11 is 0. The fraction of sp³-hybridized carbons (Fsp3) is 1.00. The first-order valence-electron chi connectivity index (χ1n) is 7.00. The summed E-state index contributed by atoms with van der Waals surface area (Å²) in [4.78, 5) is 2.73. The zero-order valence-electron chi connectivity index (χ0n) is 11.2. The number of rotatable bonds is 2. The fourth-order valence-electron chi connectivity index (χ4n) is 3.68. The fourth-order valence-corrected chi connectivity index (χ4v) is 3.68. The summed E-state index contributed by atoms with van der Waals surface area (Å²) in [5, 5.41) is 0. The Kier molecular flexibility index (Phi) is 3.60. The van der Waals surface area contributed by atoms with E-state index in [4.69, 9.17) is 5.73 Å². The second-order valence-corrected chi connectivity index (χ2v) is 6.65. The van der Waals surface area contributed by atoms with E-state index in [9.17, 15) is 0 Å². The average molecular weight is 224 g/mol. The van der Waals surface area contributed by atoms with Crippen LogP contribution < -0.4 is 5.73 Å². The van der Waals surface area contributed by atoms with Crippen LogP contribution >= 0.6 is 0 Å². The molecule has 2 rings (SSSR count). The molecular formula is C14H28N2. The normalized spacial score (nSPS) is 37.5. The van der Waals surface area contributed by atoms with Gasteiger partial charge in [-0.15, -0.1) is 0 Å². The maximum atomic E-state index is 6.03. The van der Waals surface area contributed by atoms with Crippen LogP contribution in [0.2, 0.25) is 0 Å². The summed E-state index contributed by atoms with van der Waals surface area (Å²) in [5.74, 6) is 0.734. The van der Waals surface area contributed by atoms with Crippen LogP contribution in [0.5, 0.6) is 0 Å². The molecule has 2 heteroatoms. The molecule has 0 aromatic rings. The average Bonchev–Trinajstić information content (AvgIpc) is 2.65. The van der Waals surface area contributed by atoms with Crippen molar-refractivity contribution in [1.29, 1.82) is 0 Å². The van der Waals surface area contributed by atoms with E-state index < -0.39 is 0 Å². The molecule has 0 radical (unpaired) electrons. The molecule has 1 saturated carbocycles. The summed E-state index contributed by atoms with van der Waals surface area (Å²) in [6.45, 7) is 9.60. The van der Waals surface area contributed by atoms with Crippen molar-refractivity contribution in [2.75, 3.05) is 13.1 Å². The minimum atomic E-state index is 0.372. The number of likely N-dealkylation sites (tertiary alicyclic amines) is 1. The maximum Gasteiger partial charge on any atom is 0.0146 e. The van der Waals surface area contributed by atoms with Gasteiger partial charge >= 0.3 is 0 Å². The van der Waals surface area contributed by atoms with Gasteiger partial charge in [0.1, 0.15) is 0 Å².